The lowest BCUT2D eigenvalue weighted by Gasteiger charge is -2.46. The monoisotopic (exact) mass is 369 g/mol. The molecule has 2 saturated heterocycles. The van der Waals surface area contributed by atoms with Gasteiger partial charge >= 0.3 is 0 Å². The minimum Gasteiger partial charge on any atom is -0.375 e. The zero-order valence-corrected chi connectivity index (χ0v) is 15.5. The molecule has 2 aliphatic heterocycles. The van der Waals surface area contributed by atoms with Gasteiger partial charge in [-0.3, -0.25) is 4.79 Å². The molecule has 0 bridgehead atoms. The molecule has 3 heterocycles. The fourth-order valence-electron chi connectivity index (χ4n) is 3.87. The summed E-state index contributed by atoms with van der Waals surface area (Å²) >= 11 is 0. The predicted molar refractivity (Wildman–Crippen MR) is 94.6 cm³/mol. The van der Waals surface area contributed by atoms with Crippen molar-refractivity contribution in [3.63, 3.8) is 0 Å². The van der Waals surface area contributed by atoms with Gasteiger partial charge in [-0.1, -0.05) is 0 Å². The molecule has 1 aromatic heterocycles. The third kappa shape index (κ3) is 5.05. The summed E-state index contributed by atoms with van der Waals surface area (Å²) in [6.45, 7) is 1.91. The van der Waals surface area contributed by atoms with Crippen LogP contribution in [-0.2, 0) is 26.0 Å². The second-order valence-corrected chi connectivity index (χ2v) is 8.97. The van der Waals surface area contributed by atoms with Crippen LogP contribution in [0.4, 0.5) is 0 Å². The van der Waals surface area contributed by atoms with E-state index in [1.54, 1.807) is 0 Å². The van der Waals surface area contributed by atoms with Crippen LogP contribution in [0, 0.1) is 0 Å². The van der Waals surface area contributed by atoms with Gasteiger partial charge in [0.25, 0.3) is 0 Å². The van der Waals surface area contributed by atoms with Gasteiger partial charge in [-0.05, 0) is 44.2 Å². The second kappa shape index (κ2) is 7.47. The zero-order chi connectivity index (χ0) is 17.9. The molecular weight excluding hydrogens is 342 g/mol. The summed E-state index contributed by atoms with van der Waals surface area (Å²) in [7, 11) is -3.21. The Morgan fingerprint density at radius 3 is 2.84 bits per heavy atom. The Labute approximate surface area is 149 Å². The lowest BCUT2D eigenvalue weighted by molar-refractivity contribution is -0.144. The minimum absolute atomic E-state index is 0.0705. The van der Waals surface area contributed by atoms with Crippen molar-refractivity contribution in [3.8, 4) is 0 Å². The lowest BCUT2D eigenvalue weighted by atomic mass is 9.82. The number of piperidine rings is 1. The van der Waals surface area contributed by atoms with Crippen LogP contribution in [0.5, 0.6) is 0 Å². The number of aromatic nitrogens is 1. The number of aromatic amines is 1. The third-order valence-corrected chi connectivity index (χ3v) is 5.93. The Morgan fingerprint density at radius 1 is 1.44 bits per heavy atom. The van der Waals surface area contributed by atoms with Gasteiger partial charge in [-0.2, -0.15) is 0 Å². The maximum absolute atomic E-state index is 12.4. The highest BCUT2D eigenvalue weighted by Gasteiger charge is 2.41. The SMILES string of the molecule is CS(=O)(=O)NC1CCOC2(CCN(C(=O)CCc3ccc[nH]3)CC2)C1. The van der Waals surface area contributed by atoms with Gasteiger partial charge in [0.15, 0.2) is 0 Å². The van der Waals surface area contributed by atoms with Gasteiger partial charge in [-0.25, -0.2) is 13.1 Å². The Bertz CT molecular complexity index is 679. The summed E-state index contributed by atoms with van der Waals surface area (Å²) < 4.78 is 31.7. The molecule has 1 atom stereocenters. The smallest absolute Gasteiger partial charge is 0.222 e. The fraction of sp³-hybridized carbons (Fsp3) is 0.706. The standard InChI is InChI=1S/C17H27N3O4S/c1-25(22,23)19-15-6-12-24-17(13-15)7-10-20(11-8-17)16(21)5-4-14-3-2-9-18-14/h2-3,9,15,18-19H,4-8,10-13H2,1H3. The quantitative estimate of drug-likeness (QED) is 0.811. The van der Waals surface area contributed by atoms with Crippen LogP contribution in [0.1, 0.15) is 37.8 Å². The number of amides is 1. The van der Waals surface area contributed by atoms with E-state index in [9.17, 15) is 13.2 Å². The van der Waals surface area contributed by atoms with Crippen LogP contribution in [0.2, 0.25) is 0 Å². The van der Waals surface area contributed by atoms with E-state index in [2.05, 4.69) is 9.71 Å². The predicted octanol–water partition coefficient (Wildman–Crippen LogP) is 1.04. The summed E-state index contributed by atoms with van der Waals surface area (Å²) in [4.78, 5) is 17.4. The van der Waals surface area contributed by atoms with Gasteiger partial charge in [0, 0.05) is 44.0 Å². The molecule has 0 aromatic carbocycles. The van der Waals surface area contributed by atoms with Crippen LogP contribution in [-0.4, -0.2) is 61.8 Å². The highest BCUT2D eigenvalue weighted by Crippen LogP contribution is 2.35. The number of nitrogens with one attached hydrogen (secondary N) is 2. The summed E-state index contributed by atoms with van der Waals surface area (Å²) in [5.41, 5.74) is 0.781. The number of hydrogen-bond acceptors (Lipinski definition) is 4. The number of sulfonamides is 1. The van der Waals surface area contributed by atoms with Gasteiger partial charge in [0.05, 0.1) is 11.9 Å². The van der Waals surface area contributed by atoms with Crippen molar-refractivity contribution >= 4 is 15.9 Å². The average molecular weight is 369 g/mol. The Hall–Kier alpha value is -1.38. The topological polar surface area (TPSA) is 91.5 Å². The number of hydrogen-bond donors (Lipinski definition) is 2. The number of likely N-dealkylation sites (tertiary alicyclic amines) is 1. The van der Waals surface area contributed by atoms with E-state index >= 15 is 0 Å². The summed E-state index contributed by atoms with van der Waals surface area (Å²) in [5.74, 6) is 0.172. The maximum Gasteiger partial charge on any atom is 0.222 e. The number of nitrogens with zero attached hydrogens (tertiary/aromatic N) is 1. The van der Waals surface area contributed by atoms with Crippen molar-refractivity contribution < 1.29 is 17.9 Å². The summed E-state index contributed by atoms with van der Waals surface area (Å²) in [6.07, 6.45) is 7.22. The molecule has 1 unspecified atom stereocenters. The molecule has 2 N–H and O–H groups in total. The normalized spacial score (nSPS) is 23.7. The van der Waals surface area contributed by atoms with Crippen molar-refractivity contribution in [1.29, 1.82) is 0 Å². The lowest BCUT2D eigenvalue weighted by Crippen LogP contribution is -2.54. The molecule has 1 aromatic rings. The average Bonchev–Trinajstić information content (AvgIpc) is 3.05. The van der Waals surface area contributed by atoms with E-state index in [4.69, 9.17) is 4.74 Å². The van der Waals surface area contributed by atoms with Gasteiger partial charge in [-0.15, -0.1) is 0 Å². The van der Waals surface area contributed by atoms with Crippen LogP contribution >= 0.6 is 0 Å². The van der Waals surface area contributed by atoms with Crippen molar-refractivity contribution in [2.24, 2.45) is 0 Å². The Morgan fingerprint density at radius 2 is 2.20 bits per heavy atom. The highest BCUT2D eigenvalue weighted by molar-refractivity contribution is 7.88. The Kier molecular flexibility index (Phi) is 5.50. The number of carbonyl (C=O) groups excluding carboxylic acids is 1. The summed E-state index contributed by atoms with van der Waals surface area (Å²) in [5, 5.41) is 0. The number of aryl methyl sites for hydroxylation is 1. The molecule has 1 amide bonds. The first-order chi connectivity index (χ1) is 11.9. The van der Waals surface area contributed by atoms with Crippen molar-refractivity contribution in [1.82, 2.24) is 14.6 Å². The molecule has 25 heavy (non-hydrogen) atoms. The van der Waals surface area contributed by atoms with Crippen molar-refractivity contribution in [2.45, 2.75) is 50.2 Å². The van der Waals surface area contributed by atoms with E-state index in [0.29, 0.717) is 39.0 Å². The first kappa shape index (κ1) is 18.4. The van der Waals surface area contributed by atoms with Crippen LogP contribution in [0.15, 0.2) is 18.3 Å². The largest absolute Gasteiger partial charge is 0.375 e. The molecule has 3 rings (SSSR count). The molecule has 0 saturated carbocycles. The van der Waals surface area contributed by atoms with Gasteiger partial charge < -0.3 is 14.6 Å². The number of ether oxygens (including phenoxy) is 1. The fourth-order valence-corrected chi connectivity index (χ4v) is 4.67. The van der Waals surface area contributed by atoms with E-state index < -0.39 is 10.0 Å². The van der Waals surface area contributed by atoms with E-state index in [-0.39, 0.29) is 17.6 Å². The maximum atomic E-state index is 12.4. The third-order valence-electron chi connectivity index (χ3n) is 5.17. The molecule has 0 aliphatic carbocycles. The highest BCUT2D eigenvalue weighted by atomic mass is 32.2. The first-order valence-electron chi connectivity index (χ1n) is 8.87. The van der Waals surface area contributed by atoms with E-state index in [1.807, 2.05) is 23.2 Å². The molecular formula is C17H27N3O4S. The van der Waals surface area contributed by atoms with Crippen LogP contribution in [0.3, 0.4) is 0 Å². The first-order valence-corrected chi connectivity index (χ1v) is 10.8. The molecule has 2 aliphatic rings. The number of carbonyl (C=O) groups is 1. The molecule has 1 spiro atoms. The zero-order valence-electron chi connectivity index (χ0n) is 14.7. The number of rotatable bonds is 5. The van der Waals surface area contributed by atoms with E-state index in [0.717, 1.165) is 25.0 Å². The molecule has 8 heteroatoms. The van der Waals surface area contributed by atoms with Gasteiger partial charge in [0.2, 0.25) is 15.9 Å². The summed E-state index contributed by atoms with van der Waals surface area (Å²) in [6, 6.07) is 3.86. The number of H-pyrrole nitrogens is 1. The van der Waals surface area contributed by atoms with Crippen molar-refractivity contribution in [3.05, 3.63) is 24.0 Å². The second-order valence-electron chi connectivity index (χ2n) is 7.19. The minimum atomic E-state index is -3.21. The van der Waals surface area contributed by atoms with Crippen molar-refractivity contribution in [2.75, 3.05) is 26.0 Å². The van der Waals surface area contributed by atoms with E-state index in [1.165, 1.54) is 6.26 Å². The molecule has 0 radical (unpaired) electrons. The van der Waals surface area contributed by atoms with Crippen LogP contribution in [0.25, 0.3) is 0 Å². The van der Waals surface area contributed by atoms with Crippen LogP contribution < -0.4 is 4.72 Å². The molecule has 2 fully saturated rings. The van der Waals surface area contributed by atoms with Gasteiger partial charge in [0.1, 0.15) is 0 Å². The Balaban J connectivity index is 1.49. The molecule has 140 valence electrons. The molecule has 7 nitrogen and oxygen atoms in total.